The van der Waals surface area contributed by atoms with E-state index in [1.807, 2.05) is 0 Å². The van der Waals surface area contributed by atoms with Crippen LogP contribution in [0, 0.1) is 5.82 Å². The summed E-state index contributed by atoms with van der Waals surface area (Å²) in [6.07, 6.45) is 1.06. The molecule has 5 nitrogen and oxygen atoms in total. The lowest BCUT2D eigenvalue weighted by Gasteiger charge is -2.25. The number of nitrogens with zero attached hydrogens (tertiary/aromatic N) is 1. The maximum Gasteiger partial charge on any atom is 0.243 e. The molecule has 0 unspecified atom stereocenters. The van der Waals surface area contributed by atoms with Gasteiger partial charge >= 0.3 is 0 Å². The molecular weight excluding hydrogens is 391 g/mol. The fourth-order valence-electron chi connectivity index (χ4n) is 3.18. The molecule has 144 valence electrons. The van der Waals surface area contributed by atoms with Crippen molar-refractivity contribution in [3.05, 3.63) is 64.9 Å². The van der Waals surface area contributed by atoms with Gasteiger partial charge in [-0.1, -0.05) is 23.7 Å². The third-order valence-electron chi connectivity index (χ3n) is 4.66. The molecule has 1 heterocycles. The van der Waals surface area contributed by atoms with Gasteiger partial charge in [0.15, 0.2) is 0 Å². The highest BCUT2D eigenvalue weighted by atomic mass is 35.5. The number of carbonyl (C=O) groups is 1. The molecule has 0 aliphatic carbocycles. The van der Waals surface area contributed by atoms with Crippen LogP contribution in [0.5, 0.6) is 0 Å². The van der Waals surface area contributed by atoms with Crippen LogP contribution in [0.1, 0.15) is 31.4 Å². The van der Waals surface area contributed by atoms with Crippen LogP contribution in [0.15, 0.2) is 53.4 Å². The number of carbonyl (C=O) groups excluding carboxylic acids is 1. The second-order valence-electron chi connectivity index (χ2n) is 6.51. The van der Waals surface area contributed by atoms with E-state index in [4.69, 9.17) is 11.6 Å². The van der Waals surface area contributed by atoms with Crippen LogP contribution in [0.3, 0.4) is 0 Å². The molecule has 27 heavy (non-hydrogen) atoms. The zero-order chi connectivity index (χ0) is 19.6. The zero-order valence-electron chi connectivity index (χ0n) is 14.7. The van der Waals surface area contributed by atoms with Gasteiger partial charge in [0, 0.05) is 11.6 Å². The van der Waals surface area contributed by atoms with Gasteiger partial charge in [0.05, 0.1) is 10.9 Å². The summed E-state index contributed by atoms with van der Waals surface area (Å²) in [5.41, 5.74) is 0.745. The topological polar surface area (TPSA) is 66.5 Å². The van der Waals surface area contributed by atoms with Crippen LogP contribution in [0.2, 0.25) is 5.02 Å². The molecule has 1 N–H and O–H groups in total. The maximum absolute atomic E-state index is 13.1. The Morgan fingerprint density at radius 3 is 2.44 bits per heavy atom. The number of sulfonamides is 1. The van der Waals surface area contributed by atoms with Crippen molar-refractivity contribution in [2.75, 3.05) is 6.54 Å². The Hall–Kier alpha value is -1.96. The second-order valence-corrected chi connectivity index (χ2v) is 8.84. The van der Waals surface area contributed by atoms with E-state index >= 15 is 0 Å². The van der Waals surface area contributed by atoms with E-state index in [0.29, 0.717) is 17.9 Å². The summed E-state index contributed by atoms with van der Waals surface area (Å²) >= 11 is 5.83. The van der Waals surface area contributed by atoms with E-state index in [1.165, 1.54) is 40.7 Å². The van der Waals surface area contributed by atoms with Crippen LogP contribution in [0.25, 0.3) is 0 Å². The normalized spacial score (nSPS) is 19.0. The van der Waals surface area contributed by atoms with Gasteiger partial charge in [-0.2, -0.15) is 4.31 Å². The SMILES string of the molecule is C[C@@H](NC(=O)[C@H]1CCCN1S(=O)(=O)c1ccc(Cl)cc1)c1ccc(F)cc1. The number of hydrogen-bond donors (Lipinski definition) is 1. The Bertz CT molecular complexity index is 917. The average molecular weight is 411 g/mol. The molecule has 2 atom stereocenters. The first-order valence-corrected chi connectivity index (χ1v) is 10.4. The lowest BCUT2D eigenvalue weighted by atomic mass is 10.1. The molecule has 0 bridgehead atoms. The van der Waals surface area contributed by atoms with Crippen molar-refractivity contribution in [1.82, 2.24) is 9.62 Å². The molecule has 0 aromatic heterocycles. The standard InChI is InChI=1S/C19H20ClFN2O3S/c1-13(14-4-8-16(21)9-5-14)22-19(24)18-3-2-12-23(18)27(25,26)17-10-6-15(20)7-11-17/h4-11,13,18H,2-3,12H2,1H3,(H,22,24)/t13-,18-/m1/s1. The summed E-state index contributed by atoms with van der Waals surface area (Å²) in [7, 11) is -3.79. The summed E-state index contributed by atoms with van der Waals surface area (Å²) in [5.74, 6) is -0.713. The largest absolute Gasteiger partial charge is 0.348 e. The lowest BCUT2D eigenvalue weighted by molar-refractivity contribution is -0.124. The maximum atomic E-state index is 13.1. The van der Waals surface area contributed by atoms with E-state index in [2.05, 4.69) is 5.32 Å². The summed E-state index contributed by atoms with van der Waals surface area (Å²) in [6, 6.07) is 10.6. The third-order valence-corrected chi connectivity index (χ3v) is 6.83. The van der Waals surface area contributed by atoms with Crippen LogP contribution in [-0.2, 0) is 14.8 Å². The summed E-state index contributed by atoms with van der Waals surface area (Å²) < 4.78 is 40.1. The quantitative estimate of drug-likeness (QED) is 0.820. The summed E-state index contributed by atoms with van der Waals surface area (Å²) in [5, 5.41) is 3.27. The lowest BCUT2D eigenvalue weighted by Crippen LogP contribution is -2.46. The fraction of sp³-hybridized carbons (Fsp3) is 0.316. The summed E-state index contributed by atoms with van der Waals surface area (Å²) in [6.45, 7) is 2.06. The highest BCUT2D eigenvalue weighted by Gasteiger charge is 2.39. The van der Waals surface area contributed by atoms with Crippen molar-refractivity contribution < 1.29 is 17.6 Å². The third kappa shape index (κ3) is 4.31. The van der Waals surface area contributed by atoms with Gasteiger partial charge in [-0.3, -0.25) is 4.79 Å². The minimum Gasteiger partial charge on any atom is -0.348 e. The first kappa shape index (κ1) is 19.8. The zero-order valence-corrected chi connectivity index (χ0v) is 16.3. The smallest absolute Gasteiger partial charge is 0.243 e. The highest BCUT2D eigenvalue weighted by molar-refractivity contribution is 7.89. The first-order valence-electron chi connectivity index (χ1n) is 8.62. The van der Waals surface area contributed by atoms with E-state index in [-0.39, 0.29) is 29.2 Å². The van der Waals surface area contributed by atoms with Gasteiger partial charge in [-0.05, 0) is 61.7 Å². The average Bonchev–Trinajstić information content (AvgIpc) is 3.13. The molecule has 2 aromatic rings. The van der Waals surface area contributed by atoms with E-state index in [1.54, 1.807) is 19.1 Å². The molecular formula is C19H20ClFN2O3S. The van der Waals surface area contributed by atoms with Crippen molar-refractivity contribution in [1.29, 1.82) is 0 Å². The van der Waals surface area contributed by atoms with Gasteiger partial charge in [0.25, 0.3) is 0 Å². The van der Waals surface area contributed by atoms with Gasteiger partial charge in [-0.25, -0.2) is 12.8 Å². The van der Waals surface area contributed by atoms with Crippen LogP contribution in [-0.4, -0.2) is 31.2 Å². The van der Waals surface area contributed by atoms with E-state index < -0.39 is 16.1 Å². The second kappa shape index (κ2) is 7.96. The van der Waals surface area contributed by atoms with Crippen LogP contribution < -0.4 is 5.32 Å². The molecule has 3 rings (SSSR count). The molecule has 0 spiro atoms. The highest BCUT2D eigenvalue weighted by Crippen LogP contribution is 2.27. The Labute approximate surface area is 163 Å². The van der Waals surface area contributed by atoms with Crippen molar-refractivity contribution >= 4 is 27.5 Å². The van der Waals surface area contributed by atoms with Crippen molar-refractivity contribution in [2.45, 2.75) is 36.7 Å². The molecule has 1 saturated heterocycles. The number of amides is 1. The van der Waals surface area contributed by atoms with Gasteiger partial charge < -0.3 is 5.32 Å². The van der Waals surface area contributed by atoms with Crippen LogP contribution in [0.4, 0.5) is 4.39 Å². The monoisotopic (exact) mass is 410 g/mol. The predicted octanol–water partition coefficient (Wildman–Crippen LogP) is 3.51. The molecule has 1 aliphatic rings. The van der Waals surface area contributed by atoms with Crippen LogP contribution >= 0.6 is 11.6 Å². The molecule has 0 radical (unpaired) electrons. The Morgan fingerprint density at radius 2 is 1.81 bits per heavy atom. The number of benzene rings is 2. The molecule has 1 amide bonds. The van der Waals surface area contributed by atoms with Gasteiger partial charge in [-0.15, -0.1) is 0 Å². The minimum absolute atomic E-state index is 0.109. The van der Waals surface area contributed by atoms with Crippen molar-refractivity contribution in [3.63, 3.8) is 0 Å². The van der Waals surface area contributed by atoms with E-state index in [9.17, 15) is 17.6 Å². The molecule has 1 aliphatic heterocycles. The molecule has 2 aromatic carbocycles. The van der Waals surface area contributed by atoms with E-state index in [0.717, 1.165) is 5.56 Å². The molecule has 1 fully saturated rings. The van der Waals surface area contributed by atoms with Crippen molar-refractivity contribution in [3.8, 4) is 0 Å². The fourth-order valence-corrected chi connectivity index (χ4v) is 4.96. The number of rotatable bonds is 5. The number of hydrogen-bond acceptors (Lipinski definition) is 3. The number of nitrogens with one attached hydrogen (secondary N) is 1. The molecule has 8 heteroatoms. The van der Waals surface area contributed by atoms with Gasteiger partial charge in [0.2, 0.25) is 15.9 Å². The molecule has 0 saturated carbocycles. The minimum atomic E-state index is -3.79. The first-order chi connectivity index (χ1) is 12.8. The van der Waals surface area contributed by atoms with Crippen molar-refractivity contribution in [2.24, 2.45) is 0 Å². The number of halogens is 2. The Kier molecular flexibility index (Phi) is 5.83. The predicted molar refractivity (Wildman–Crippen MR) is 101 cm³/mol. The Morgan fingerprint density at radius 1 is 1.19 bits per heavy atom. The van der Waals surface area contributed by atoms with Gasteiger partial charge in [0.1, 0.15) is 11.9 Å². The summed E-state index contributed by atoms with van der Waals surface area (Å²) in [4.78, 5) is 12.8. The Balaban J connectivity index is 1.76.